The molecule has 6 nitrogen and oxygen atoms in total. The Bertz CT molecular complexity index is 1670. The number of sulfonamides is 1. The summed E-state index contributed by atoms with van der Waals surface area (Å²) in [5.41, 5.74) is 3.15. The summed E-state index contributed by atoms with van der Waals surface area (Å²) in [4.78, 5) is 13.6. The highest BCUT2D eigenvalue weighted by Crippen LogP contribution is 2.42. The first-order valence-corrected chi connectivity index (χ1v) is 16.0. The Kier molecular flexibility index (Phi) is 8.62. The minimum Gasteiger partial charge on any atom is -0.487 e. The first-order chi connectivity index (χ1) is 20.2. The molecule has 42 heavy (non-hydrogen) atoms. The molecule has 1 heterocycles. The van der Waals surface area contributed by atoms with E-state index in [2.05, 4.69) is 19.2 Å². The summed E-state index contributed by atoms with van der Waals surface area (Å²) < 4.78 is 35.4. The molecule has 1 amide bonds. The van der Waals surface area contributed by atoms with Crippen molar-refractivity contribution >= 4 is 33.2 Å². The second-order valence-electron chi connectivity index (χ2n) is 10.7. The van der Waals surface area contributed by atoms with Crippen molar-refractivity contribution in [3.63, 3.8) is 0 Å². The van der Waals surface area contributed by atoms with Gasteiger partial charge in [0.2, 0.25) is 0 Å². The van der Waals surface area contributed by atoms with Crippen molar-refractivity contribution < 1.29 is 17.9 Å². The zero-order valence-corrected chi connectivity index (χ0v) is 25.6. The van der Waals surface area contributed by atoms with Crippen LogP contribution in [0.2, 0.25) is 5.02 Å². The summed E-state index contributed by atoms with van der Waals surface area (Å²) in [5.74, 6) is 0.618. The summed E-state index contributed by atoms with van der Waals surface area (Å²) in [6.45, 7) is 6.15. The molecule has 1 atom stereocenters. The normalized spacial score (nSPS) is 15.8. The molecule has 0 aromatic heterocycles. The minimum absolute atomic E-state index is 0.0726. The van der Waals surface area contributed by atoms with Gasteiger partial charge in [0, 0.05) is 22.6 Å². The Morgan fingerprint density at radius 1 is 0.952 bits per heavy atom. The van der Waals surface area contributed by atoms with Crippen LogP contribution in [0.4, 0.5) is 5.69 Å². The number of aryl methyl sites for hydroxylation is 1. The van der Waals surface area contributed by atoms with Crippen LogP contribution in [-0.2, 0) is 16.6 Å². The van der Waals surface area contributed by atoms with Crippen LogP contribution in [0.3, 0.4) is 0 Å². The highest BCUT2D eigenvalue weighted by molar-refractivity contribution is 7.92. The van der Waals surface area contributed by atoms with Crippen molar-refractivity contribution in [2.24, 2.45) is 0 Å². The molecule has 0 saturated heterocycles. The lowest BCUT2D eigenvalue weighted by Gasteiger charge is -2.41. The Morgan fingerprint density at radius 3 is 2.31 bits per heavy atom. The Balaban J connectivity index is 1.40. The molecule has 0 unspecified atom stereocenters. The summed E-state index contributed by atoms with van der Waals surface area (Å²) in [5, 5.41) is 3.67. The van der Waals surface area contributed by atoms with Crippen LogP contribution in [0.25, 0.3) is 0 Å². The predicted octanol–water partition coefficient (Wildman–Crippen LogP) is 7.86. The summed E-state index contributed by atoms with van der Waals surface area (Å²) in [7, 11) is -3.90. The molecule has 0 saturated carbocycles. The van der Waals surface area contributed by atoms with E-state index in [1.54, 1.807) is 72.8 Å². The summed E-state index contributed by atoms with van der Waals surface area (Å²) in [6, 6.07) is 28.3. The molecule has 4 aromatic carbocycles. The second kappa shape index (κ2) is 12.2. The van der Waals surface area contributed by atoms with E-state index in [1.807, 2.05) is 31.2 Å². The van der Waals surface area contributed by atoms with Gasteiger partial charge in [0.05, 0.1) is 23.2 Å². The molecule has 0 aliphatic carbocycles. The van der Waals surface area contributed by atoms with E-state index in [1.165, 1.54) is 4.31 Å². The SMILES string of the molecule is CCC1(CC)C[C@H](NC(=O)c2ccc(CN(c3cc(Cl)ccc3C)S(=O)(=O)c3ccccc3)cc2)c2ccccc2O1. The van der Waals surface area contributed by atoms with Crippen LogP contribution in [-0.4, -0.2) is 19.9 Å². The second-order valence-corrected chi connectivity index (χ2v) is 13.0. The molecule has 218 valence electrons. The van der Waals surface area contributed by atoms with Crippen molar-refractivity contribution in [1.82, 2.24) is 5.32 Å². The van der Waals surface area contributed by atoms with Gasteiger partial charge >= 0.3 is 0 Å². The van der Waals surface area contributed by atoms with Crippen LogP contribution >= 0.6 is 11.6 Å². The van der Waals surface area contributed by atoms with Crippen molar-refractivity contribution in [3.05, 3.63) is 124 Å². The van der Waals surface area contributed by atoms with Crippen molar-refractivity contribution in [3.8, 4) is 5.75 Å². The fourth-order valence-corrected chi connectivity index (χ4v) is 7.17. The fraction of sp³-hybridized carbons (Fsp3) is 0.265. The lowest BCUT2D eigenvalue weighted by molar-refractivity contribution is 0.0227. The highest BCUT2D eigenvalue weighted by Gasteiger charge is 2.39. The van der Waals surface area contributed by atoms with Gasteiger partial charge in [-0.15, -0.1) is 0 Å². The summed E-state index contributed by atoms with van der Waals surface area (Å²) in [6.07, 6.45) is 2.37. The topological polar surface area (TPSA) is 75.7 Å². The third kappa shape index (κ3) is 6.03. The third-order valence-corrected chi connectivity index (χ3v) is 10.1. The molecular formula is C34H35ClN2O4S. The van der Waals surface area contributed by atoms with E-state index in [0.29, 0.717) is 22.7 Å². The van der Waals surface area contributed by atoms with Crippen LogP contribution < -0.4 is 14.4 Å². The van der Waals surface area contributed by atoms with Crippen LogP contribution in [0.1, 0.15) is 66.2 Å². The largest absolute Gasteiger partial charge is 0.487 e. The Morgan fingerprint density at radius 2 is 1.62 bits per heavy atom. The zero-order valence-electron chi connectivity index (χ0n) is 24.0. The number of nitrogens with zero attached hydrogens (tertiary/aromatic N) is 1. The maximum Gasteiger partial charge on any atom is 0.264 e. The molecule has 4 aromatic rings. The molecule has 0 bridgehead atoms. The number of amides is 1. The Labute approximate surface area is 253 Å². The number of hydrogen-bond donors (Lipinski definition) is 1. The van der Waals surface area contributed by atoms with Gasteiger partial charge in [0.1, 0.15) is 11.4 Å². The monoisotopic (exact) mass is 602 g/mol. The van der Waals surface area contributed by atoms with Gasteiger partial charge in [0.25, 0.3) is 15.9 Å². The van der Waals surface area contributed by atoms with Gasteiger partial charge in [-0.2, -0.15) is 0 Å². The third-order valence-electron chi connectivity index (χ3n) is 8.10. The molecular weight excluding hydrogens is 568 g/mol. The lowest BCUT2D eigenvalue weighted by Crippen LogP contribution is -2.44. The zero-order chi connectivity index (χ0) is 29.9. The minimum atomic E-state index is -3.90. The van der Waals surface area contributed by atoms with E-state index < -0.39 is 10.0 Å². The van der Waals surface area contributed by atoms with E-state index in [-0.39, 0.29) is 29.0 Å². The number of carbonyl (C=O) groups excluding carboxylic acids is 1. The first-order valence-electron chi connectivity index (χ1n) is 14.2. The van der Waals surface area contributed by atoms with Crippen molar-refractivity contribution in [2.45, 2.75) is 63.1 Å². The quantitative estimate of drug-likeness (QED) is 0.212. The van der Waals surface area contributed by atoms with Gasteiger partial charge in [-0.05, 0) is 73.4 Å². The van der Waals surface area contributed by atoms with Crippen LogP contribution in [0.15, 0.2) is 102 Å². The lowest BCUT2D eigenvalue weighted by atomic mass is 9.83. The number of fused-ring (bicyclic) bond motifs is 1. The highest BCUT2D eigenvalue weighted by atomic mass is 35.5. The van der Waals surface area contributed by atoms with Gasteiger partial charge in [-0.1, -0.05) is 80.0 Å². The van der Waals surface area contributed by atoms with Gasteiger partial charge in [-0.25, -0.2) is 8.42 Å². The number of carbonyl (C=O) groups is 1. The summed E-state index contributed by atoms with van der Waals surface area (Å²) >= 11 is 6.29. The van der Waals surface area contributed by atoms with Gasteiger partial charge in [-0.3, -0.25) is 9.10 Å². The number of benzene rings is 4. The molecule has 1 aliphatic heterocycles. The number of ether oxygens (including phenoxy) is 1. The fourth-order valence-electron chi connectivity index (χ4n) is 5.47. The van der Waals surface area contributed by atoms with Gasteiger partial charge < -0.3 is 10.1 Å². The molecule has 8 heteroatoms. The first kappa shape index (κ1) is 29.7. The van der Waals surface area contributed by atoms with Crippen molar-refractivity contribution in [1.29, 1.82) is 0 Å². The number of nitrogens with one attached hydrogen (secondary N) is 1. The predicted molar refractivity (Wildman–Crippen MR) is 168 cm³/mol. The number of para-hydroxylation sites is 1. The molecule has 1 N–H and O–H groups in total. The average molecular weight is 603 g/mol. The van der Waals surface area contributed by atoms with Gasteiger partial charge in [0.15, 0.2) is 0 Å². The van der Waals surface area contributed by atoms with E-state index in [9.17, 15) is 13.2 Å². The molecule has 0 fully saturated rings. The number of hydrogen-bond acceptors (Lipinski definition) is 4. The van der Waals surface area contributed by atoms with Crippen LogP contribution in [0.5, 0.6) is 5.75 Å². The molecule has 5 rings (SSSR count). The maximum absolute atomic E-state index is 13.8. The number of halogens is 1. The smallest absolute Gasteiger partial charge is 0.264 e. The van der Waals surface area contributed by atoms with E-state index in [0.717, 1.165) is 35.3 Å². The van der Waals surface area contributed by atoms with E-state index >= 15 is 0 Å². The van der Waals surface area contributed by atoms with Crippen LogP contribution in [0, 0.1) is 6.92 Å². The number of rotatable bonds is 9. The molecule has 0 radical (unpaired) electrons. The molecule has 1 aliphatic rings. The Hall–Kier alpha value is -3.81. The molecule has 0 spiro atoms. The standard InChI is InChI=1S/C34H35ClN2O4S/c1-4-34(5-2)22-30(29-13-9-10-14-32(29)41-34)36-33(38)26-18-16-25(17-19-26)23-37(31-21-27(35)20-15-24(31)3)42(39,40)28-11-7-6-8-12-28/h6-21,30H,4-5,22-23H2,1-3H3,(H,36,38)/t30-/m0/s1. The maximum atomic E-state index is 13.8. The van der Waals surface area contributed by atoms with E-state index in [4.69, 9.17) is 16.3 Å². The number of anilines is 1. The van der Waals surface area contributed by atoms with Crippen molar-refractivity contribution in [2.75, 3.05) is 4.31 Å². The average Bonchev–Trinajstić information content (AvgIpc) is 3.01.